The Kier molecular flexibility index (Phi) is 5.09. The van der Waals surface area contributed by atoms with Gasteiger partial charge in [-0.2, -0.15) is 0 Å². The van der Waals surface area contributed by atoms with E-state index in [-0.39, 0.29) is 5.82 Å². The maximum absolute atomic E-state index is 13.1. The molecule has 0 spiro atoms. The van der Waals surface area contributed by atoms with E-state index in [1.54, 1.807) is 36.4 Å². The summed E-state index contributed by atoms with van der Waals surface area (Å²) in [5, 5.41) is 2.48. The lowest BCUT2D eigenvalue weighted by atomic mass is 10.2. The predicted octanol–water partition coefficient (Wildman–Crippen LogP) is 3.14. The van der Waals surface area contributed by atoms with Gasteiger partial charge in [0.05, 0.1) is 5.69 Å². The van der Waals surface area contributed by atoms with Gasteiger partial charge in [-0.05, 0) is 48.0 Å². The number of carbonyl (C=O) groups excluding carboxylic acids is 2. The molecule has 0 radical (unpaired) electrons. The topological polar surface area (TPSA) is 75.4 Å². The van der Waals surface area contributed by atoms with Crippen molar-refractivity contribution in [1.82, 2.24) is 5.32 Å². The number of hydrogen-bond donors (Lipinski definition) is 2. The molecule has 0 saturated carbocycles. The number of halogens is 1. The number of nitrogens with two attached hydrogens (primary N) is 1. The SMILES string of the molecule is CC(=O)N(C(=O)N/C=C/c1cccc(F)c1)c1ccc(N)cc1. The predicted molar refractivity (Wildman–Crippen MR) is 88.0 cm³/mol. The third-order valence-electron chi connectivity index (χ3n) is 3.00. The Hall–Kier alpha value is -3.15. The molecule has 118 valence electrons. The number of nitrogen functional groups attached to an aromatic ring is 1. The number of nitrogens with zero attached hydrogens (tertiary/aromatic N) is 1. The molecule has 0 unspecified atom stereocenters. The smallest absolute Gasteiger partial charge is 0.332 e. The van der Waals surface area contributed by atoms with Crippen LogP contribution < -0.4 is 16.0 Å². The molecule has 0 saturated heterocycles. The van der Waals surface area contributed by atoms with E-state index >= 15 is 0 Å². The summed E-state index contributed by atoms with van der Waals surface area (Å²) < 4.78 is 13.1. The molecule has 0 atom stereocenters. The van der Waals surface area contributed by atoms with Crippen molar-refractivity contribution in [2.45, 2.75) is 6.92 Å². The molecule has 5 nitrogen and oxygen atoms in total. The molecule has 0 aliphatic carbocycles. The Balaban J connectivity index is 2.10. The monoisotopic (exact) mass is 313 g/mol. The van der Waals surface area contributed by atoms with E-state index in [9.17, 15) is 14.0 Å². The Morgan fingerprint density at radius 2 is 1.87 bits per heavy atom. The fraction of sp³-hybridized carbons (Fsp3) is 0.0588. The van der Waals surface area contributed by atoms with Gasteiger partial charge in [0, 0.05) is 18.8 Å². The van der Waals surface area contributed by atoms with Crippen LogP contribution in [0.25, 0.3) is 6.08 Å². The first-order valence-corrected chi connectivity index (χ1v) is 6.86. The van der Waals surface area contributed by atoms with E-state index in [0.717, 1.165) is 4.90 Å². The zero-order chi connectivity index (χ0) is 16.8. The first-order valence-electron chi connectivity index (χ1n) is 6.86. The van der Waals surface area contributed by atoms with E-state index in [1.165, 1.54) is 31.3 Å². The van der Waals surface area contributed by atoms with Crippen LogP contribution in [0.5, 0.6) is 0 Å². The van der Waals surface area contributed by atoms with Crippen molar-refractivity contribution in [3.63, 3.8) is 0 Å². The van der Waals surface area contributed by atoms with Crippen molar-refractivity contribution in [3.8, 4) is 0 Å². The van der Waals surface area contributed by atoms with Gasteiger partial charge in [-0.3, -0.25) is 4.79 Å². The molecular formula is C17H16FN3O2. The zero-order valence-corrected chi connectivity index (χ0v) is 12.5. The first kappa shape index (κ1) is 16.2. The lowest BCUT2D eigenvalue weighted by Crippen LogP contribution is -2.40. The van der Waals surface area contributed by atoms with Crippen molar-refractivity contribution >= 4 is 29.4 Å². The highest BCUT2D eigenvalue weighted by molar-refractivity contribution is 6.13. The minimum Gasteiger partial charge on any atom is -0.399 e. The fourth-order valence-electron chi connectivity index (χ4n) is 1.95. The normalized spacial score (nSPS) is 10.5. The number of urea groups is 1. The number of carbonyl (C=O) groups is 2. The molecule has 6 heteroatoms. The summed E-state index contributed by atoms with van der Waals surface area (Å²) in [7, 11) is 0. The third-order valence-corrected chi connectivity index (χ3v) is 3.00. The van der Waals surface area contributed by atoms with Crippen LogP contribution in [0.1, 0.15) is 12.5 Å². The van der Waals surface area contributed by atoms with Crippen molar-refractivity contribution in [2.24, 2.45) is 0 Å². The van der Waals surface area contributed by atoms with Crippen LogP contribution in [-0.2, 0) is 4.79 Å². The van der Waals surface area contributed by atoms with Gasteiger partial charge in [0.2, 0.25) is 5.91 Å². The highest BCUT2D eigenvalue weighted by Crippen LogP contribution is 2.16. The van der Waals surface area contributed by atoms with Gasteiger partial charge in [0.1, 0.15) is 5.82 Å². The van der Waals surface area contributed by atoms with E-state index in [1.807, 2.05) is 0 Å². The van der Waals surface area contributed by atoms with Crippen molar-refractivity contribution in [2.75, 3.05) is 10.6 Å². The lowest BCUT2D eigenvalue weighted by Gasteiger charge is -2.18. The summed E-state index contributed by atoms with van der Waals surface area (Å²) in [4.78, 5) is 24.9. The molecule has 3 amide bonds. The molecule has 0 bridgehead atoms. The molecular weight excluding hydrogens is 297 g/mol. The Morgan fingerprint density at radius 1 is 1.17 bits per heavy atom. The van der Waals surface area contributed by atoms with Gasteiger partial charge in [0.15, 0.2) is 0 Å². The minimum absolute atomic E-state index is 0.370. The standard InChI is InChI=1S/C17H16FN3O2/c1-12(22)21(16-7-5-15(19)6-8-16)17(23)20-10-9-13-3-2-4-14(18)11-13/h2-11H,19H2,1H3,(H,20,23)/b10-9+. The van der Waals surface area contributed by atoms with Crippen molar-refractivity contribution in [3.05, 3.63) is 66.1 Å². The van der Waals surface area contributed by atoms with Crippen LogP contribution in [-0.4, -0.2) is 11.9 Å². The van der Waals surface area contributed by atoms with Gasteiger partial charge < -0.3 is 11.1 Å². The van der Waals surface area contributed by atoms with Gasteiger partial charge in [-0.25, -0.2) is 14.1 Å². The average molecular weight is 313 g/mol. The summed E-state index contributed by atoms with van der Waals surface area (Å²) in [6, 6.07) is 11.6. The van der Waals surface area contributed by atoms with E-state index in [2.05, 4.69) is 5.32 Å². The van der Waals surface area contributed by atoms with E-state index in [4.69, 9.17) is 5.73 Å². The van der Waals surface area contributed by atoms with Crippen molar-refractivity contribution in [1.29, 1.82) is 0 Å². The largest absolute Gasteiger partial charge is 0.399 e. The molecule has 23 heavy (non-hydrogen) atoms. The van der Waals surface area contributed by atoms with E-state index in [0.29, 0.717) is 16.9 Å². The van der Waals surface area contributed by atoms with Gasteiger partial charge in [0.25, 0.3) is 0 Å². The van der Waals surface area contributed by atoms with Crippen LogP contribution in [0.2, 0.25) is 0 Å². The summed E-state index contributed by atoms with van der Waals surface area (Å²) in [5.41, 5.74) is 7.12. The summed E-state index contributed by atoms with van der Waals surface area (Å²) in [5.74, 6) is -0.808. The number of benzene rings is 2. The molecule has 2 rings (SSSR count). The highest BCUT2D eigenvalue weighted by Gasteiger charge is 2.18. The lowest BCUT2D eigenvalue weighted by molar-refractivity contribution is -0.115. The number of rotatable bonds is 3. The highest BCUT2D eigenvalue weighted by atomic mass is 19.1. The molecule has 0 aromatic heterocycles. The number of nitrogens with one attached hydrogen (secondary N) is 1. The van der Waals surface area contributed by atoms with Crippen LogP contribution in [0.15, 0.2) is 54.7 Å². The van der Waals surface area contributed by atoms with Crippen LogP contribution in [0.3, 0.4) is 0 Å². The van der Waals surface area contributed by atoms with Crippen LogP contribution >= 0.6 is 0 Å². The zero-order valence-electron chi connectivity index (χ0n) is 12.5. The maximum Gasteiger partial charge on any atom is 0.332 e. The first-order chi connectivity index (χ1) is 11.0. The fourth-order valence-corrected chi connectivity index (χ4v) is 1.95. The Bertz CT molecular complexity index is 742. The third kappa shape index (κ3) is 4.41. The summed E-state index contributed by atoms with van der Waals surface area (Å²) in [6.07, 6.45) is 2.88. The number of amides is 3. The minimum atomic E-state index is -0.616. The summed E-state index contributed by atoms with van der Waals surface area (Å²) in [6.45, 7) is 1.28. The second kappa shape index (κ2) is 7.22. The van der Waals surface area contributed by atoms with Crippen LogP contribution in [0.4, 0.5) is 20.6 Å². The van der Waals surface area contributed by atoms with Crippen LogP contribution in [0, 0.1) is 5.82 Å². The van der Waals surface area contributed by atoms with E-state index < -0.39 is 11.9 Å². The average Bonchev–Trinajstić information content (AvgIpc) is 2.49. The quantitative estimate of drug-likeness (QED) is 0.855. The number of hydrogen-bond acceptors (Lipinski definition) is 3. The molecule has 2 aromatic rings. The molecule has 0 fully saturated rings. The molecule has 0 aliphatic heterocycles. The Morgan fingerprint density at radius 3 is 2.48 bits per heavy atom. The maximum atomic E-state index is 13.1. The second-order valence-electron chi connectivity index (χ2n) is 4.78. The van der Waals surface area contributed by atoms with Gasteiger partial charge in [-0.1, -0.05) is 12.1 Å². The number of imide groups is 1. The second-order valence-corrected chi connectivity index (χ2v) is 4.78. The van der Waals surface area contributed by atoms with Gasteiger partial charge >= 0.3 is 6.03 Å². The molecule has 0 aliphatic rings. The summed E-state index contributed by atoms with van der Waals surface area (Å²) >= 11 is 0. The number of anilines is 2. The molecule has 0 heterocycles. The Labute approximate surface area is 133 Å². The molecule has 3 N–H and O–H groups in total. The molecule has 2 aromatic carbocycles. The van der Waals surface area contributed by atoms with Gasteiger partial charge in [-0.15, -0.1) is 0 Å². The van der Waals surface area contributed by atoms with Crippen molar-refractivity contribution < 1.29 is 14.0 Å².